The summed E-state index contributed by atoms with van der Waals surface area (Å²) >= 11 is 0. The van der Waals surface area contributed by atoms with Crippen molar-refractivity contribution in [3.05, 3.63) is 0 Å². The van der Waals surface area contributed by atoms with Crippen molar-refractivity contribution in [2.45, 2.75) is 19.9 Å². The van der Waals surface area contributed by atoms with E-state index < -0.39 is 12.0 Å². The van der Waals surface area contributed by atoms with Gasteiger partial charge in [0.05, 0.1) is 0 Å². The molecule has 0 radical (unpaired) electrons. The Labute approximate surface area is 71.1 Å². The van der Waals surface area contributed by atoms with Gasteiger partial charge in [-0.2, -0.15) is 0 Å². The third-order valence-electron chi connectivity index (χ3n) is 1.32. The van der Waals surface area contributed by atoms with Crippen LogP contribution < -0.4 is 10.6 Å². The van der Waals surface area contributed by atoms with E-state index in [9.17, 15) is 9.59 Å². The molecular weight excluding hydrogens is 160 g/mol. The van der Waals surface area contributed by atoms with Gasteiger partial charge in [-0.25, -0.2) is 0 Å². The smallest absolute Gasteiger partial charge is 0.320 e. The number of carboxylic acid groups (broad SMARTS) is 1. The number of hydrogen-bond acceptors (Lipinski definition) is 3. The van der Waals surface area contributed by atoms with Crippen molar-refractivity contribution in [3.63, 3.8) is 0 Å². The van der Waals surface area contributed by atoms with Crippen molar-refractivity contribution in [2.24, 2.45) is 0 Å². The SMILES string of the molecule is CC(=O)NCCN[C@@H](C)C(=O)O. The van der Waals surface area contributed by atoms with Crippen molar-refractivity contribution in [3.8, 4) is 0 Å². The predicted octanol–water partition coefficient (Wildman–Crippen LogP) is -0.815. The predicted molar refractivity (Wildman–Crippen MR) is 43.8 cm³/mol. The molecule has 70 valence electrons. The molecule has 0 aliphatic rings. The number of carboxylic acids is 1. The molecule has 1 atom stereocenters. The van der Waals surface area contributed by atoms with Gasteiger partial charge >= 0.3 is 5.97 Å². The first kappa shape index (κ1) is 10.9. The van der Waals surface area contributed by atoms with E-state index in [0.717, 1.165) is 0 Å². The average Bonchev–Trinajstić information content (AvgIpc) is 1.97. The highest BCUT2D eigenvalue weighted by atomic mass is 16.4. The van der Waals surface area contributed by atoms with Gasteiger partial charge in [-0.15, -0.1) is 0 Å². The van der Waals surface area contributed by atoms with Crippen LogP contribution >= 0.6 is 0 Å². The number of nitrogens with one attached hydrogen (secondary N) is 2. The molecule has 0 saturated heterocycles. The maximum atomic E-state index is 10.4. The van der Waals surface area contributed by atoms with Crippen LogP contribution in [0.3, 0.4) is 0 Å². The fraction of sp³-hybridized carbons (Fsp3) is 0.714. The topological polar surface area (TPSA) is 78.4 Å². The highest BCUT2D eigenvalue weighted by Crippen LogP contribution is 1.78. The van der Waals surface area contributed by atoms with Crippen LogP contribution in [0.5, 0.6) is 0 Å². The lowest BCUT2D eigenvalue weighted by Gasteiger charge is -2.08. The third kappa shape index (κ3) is 5.67. The second-order valence-corrected chi connectivity index (χ2v) is 2.50. The molecule has 0 bridgehead atoms. The van der Waals surface area contributed by atoms with Gasteiger partial charge in [-0.3, -0.25) is 9.59 Å². The molecule has 3 N–H and O–H groups in total. The second-order valence-electron chi connectivity index (χ2n) is 2.50. The molecule has 0 aromatic heterocycles. The summed E-state index contributed by atoms with van der Waals surface area (Å²) in [5.74, 6) is -1.00. The summed E-state index contributed by atoms with van der Waals surface area (Å²) in [6, 6.07) is -0.571. The van der Waals surface area contributed by atoms with Gasteiger partial charge in [-0.05, 0) is 6.92 Å². The Morgan fingerprint density at radius 3 is 2.42 bits per heavy atom. The Morgan fingerprint density at radius 1 is 1.42 bits per heavy atom. The first-order valence-corrected chi connectivity index (χ1v) is 3.74. The molecule has 0 saturated carbocycles. The van der Waals surface area contributed by atoms with E-state index in [-0.39, 0.29) is 5.91 Å². The monoisotopic (exact) mass is 174 g/mol. The Morgan fingerprint density at radius 2 is 2.00 bits per heavy atom. The van der Waals surface area contributed by atoms with Crippen LogP contribution in [0.25, 0.3) is 0 Å². The zero-order valence-corrected chi connectivity index (χ0v) is 7.26. The van der Waals surface area contributed by atoms with Gasteiger partial charge in [0.15, 0.2) is 0 Å². The molecule has 0 aromatic rings. The van der Waals surface area contributed by atoms with E-state index in [4.69, 9.17) is 5.11 Å². The molecule has 0 unspecified atom stereocenters. The van der Waals surface area contributed by atoms with Gasteiger partial charge in [0.2, 0.25) is 5.91 Å². The summed E-state index contributed by atoms with van der Waals surface area (Å²) < 4.78 is 0. The molecule has 5 heteroatoms. The second kappa shape index (κ2) is 5.54. The number of amides is 1. The van der Waals surface area contributed by atoms with Crippen LogP contribution in [0.4, 0.5) is 0 Å². The molecule has 5 nitrogen and oxygen atoms in total. The lowest BCUT2D eigenvalue weighted by atomic mass is 10.3. The van der Waals surface area contributed by atoms with Crippen LogP contribution in [-0.4, -0.2) is 36.1 Å². The van der Waals surface area contributed by atoms with Gasteiger partial charge in [0.25, 0.3) is 0 Å². The van der Waals surface area contributed by atoms with Gasteiger partial charge in [-0.1, -0.05) is 0 Å². The molecule has 0 spiro atoms. The van der Waals surface area contributed by atoms with Crippen LogP contribution in [0.15, 0.2) is 0 Å². The van der Waals surface area contributed by atoms with E-state index in [2.05, 4.69) is 10.6 Å². The Balaban J connectivity index is 3.31. The van der Waals surface area contributed by atoms with Crippen LogP contribution in [0, 0.1) is 0 Å². The summed E-state index contributed by atoms with van der Waals surface area (Å²) in [4.78, 5) is 20.6. The highest BCUT2D eigenvalue weighted by Gasteiger charge is 2.07. The van der Waals surface area contributed by atoms with Crippen molar-refractivity contribution < 1.29 is 14.7 Å². The lowest BCUT2D eigenvalue weighted by Crippen LogP contribution is -2.38. The zero-order valence-electron chi connectivity index (χ0n) is 7.26. The first-order valence-electron chi connectivity index (χ1n) is 3.74. The van der Waals surface area contributed by atoms with Gasteiger partial charge in [0.1, 0.15) is 6.04 Å². The lowest BCUT2D eigenvalue weighted by molar-refractivity contribution is -0.138. The molecular formula is C7H14N2O3. The van der Waals surface area contributed by atoms with Gasteiger partial charge < -0.3 is 15.7 Å². The summed E-state index contributed by atoms with van der Waals surface area (Å²) in [5, 5.41) is 13.7. The summed E-state index contributed by atoms with van der Waals surface area (Å²) in [6.07, 6.45) is 0. The van der Waals surface area contributed by atoms with Crippen molar-refractivity contribution in [1.29, 1.82) is 0 Å². The maximum absolute atomic E-state index is 10.4. The summed E-state index contributed by atoms with van der Waals surface area (Å²) in [6.45, 7) is 3.89. The van der Waals surface area contributed by atoms with Crippen LogP contribution in [-0.2, 0) is 9.59 Å². The Hall–Kier alpha value is -1.10. The molecule has 1 amide bonds. The van der Waals surface area contributed by atoms with Crippen molar-refractivity contribution >= 4 is 11.9 Å². The molecule has 0 aliphatic heterocycles. The van der Waals surface area contributed by atoms with E-state index in [1.807, 2.05) is 0 Å². The maximum Gasteiger partial charge on any atom is 0.320 e. The molecule has 0 fully saturated rings. The largest absolute Gasteiger partial charge is 0.480 e. The molecule has 0 aliphatic carbocycles. The Kier molecular flexibility index (Phi) is 5.03. The third-order valence-corrected chi connectivity index (χ3v) is 1.32. The average molecular weight is 174 g/mol. The molecule has 0 aromatic carbocycles. The van der Waals surface area contributed by atoms with Crippen molar-refractivity contribution in [1.82, 2.24) is 10.6 Å². The van der Waals surface area contributed by atoms with Crippen LogP contribution in [0.1, 0.15) is 13.8 Å². The fourth-order valence-electron chi connectivity index (χ4n) is 0.615. The van der Waals surface area contributed by atoms with E-state index in [1.165, 1.54) is 6.92 Å². The van der Waals surface area contributed by atoms with Crippen molar-refractivity contribution in [2.75, 3.05) is 13.1 Å². The summed E-state index contributed by atoms with van der Waals surface area (Å²) in [7, 11) is 0. The first-order chi connectivity index (χ1) is 5.54. The fourth-order valence-corrected chi connectivity index (χ4v) is 0.615. The van der Waals surface area contributed by atoms with E-state index in [0.29, 0.717) is 13.1 Å². The molecule has 12 heavy (non-hydrogen) atoms. The quantitative estimate of drug-likeness (QED) is 0.476. The normalized spacial score (nSPS) is 12.2. The minimum atomic E-state index is -0.891. The minimum absolute atomic E-state index is 0.111. The van der Waals surface area contributed by atoms with E-state index >= 15 is 0 Å². The number of aliphatic carboxylic acids is 1. The Bertz CT molecular complexity index is 170. The van der Waals surface area contributed by atoms with Crippen LogP contribution in [0.2, 0.25) is 0 Å². The number of rotatable bonds is 5. The van der Waals surface area contributed by atoms with Gasteiger partial charge in [0, 0.05) is 20.0 Å². The highest BCUT2D eigenvalue weighted by molar-refractivity contribution is 5.73. The zero-order chi connectivity index (χ0) is 9.56. The molecule has 0 heterocycles. The summed E-state index contributed by atoms with van der Waals surface area (Å²) in [5.41, 5.74) is 0. The number of hydrogen-bond donors (Lipinski definition) is 3. The standard InChI is InChI=1S/C7H14N2O3/c1-5(7(11)12)8-3-4-9-6(2)10/h5,8H,3-4H2,1-2H3,(H,9,10)(H,11,12)/t5-/m0/s1. The number of carbonyl (C=O) groups is 2. The minimum Gasteiger partial charge on any atom is -0.480 e. The van der Waals surface area contributed by atoms with E-state index in [1.54, 1.807) is 6.92 Å². The molecule has 0 rings (SSSR count). The number of carbonyl (C=O) groups excluding carboxylic acids is 1.